The zero-order chi connectivity index (χ0) is 43.1. The van der Waals surface area contributed by atoms with E-state index in [9.17, 15) is 1.37 Å². The van der Waals surface area contributed by atoms with Crippen LogP contribution in [0.2, 0.25) is 0 Å². The van der Waals surface area contributed by atoms with Gasteiger partial charge in [-0.3, -0.25) is 0 Å². The minimum Gasteiger partial charge on any atom is -0.311 e. The molecule has 9 aromatic carbocycles. The van der Waals surface area contributed by atoms with Crippen molar-refractivity contribution < 1.29 is 4.11 Å². The molecule has 0 amide bonds. The average molecular weight is 800 g/mol. The van der Waals surface area contributed by atoms with Gasteiger partial charge in [0.1, 0.15) is 0 Å². The van der Waals surface area contributed by atoms with E-state index in [-0.39, 0.29) is 12.1 Å². The fraction of sp³-hybridized carbons (Fsp3) is 0. The lowest BCUT2D eigenvalue weighted by Crippen LogP contribution is -2.09. The fourth-order valence-electron chi connectivity index (χ4n) is 8.39. The second kappa shape index (κ2) is 15.8. The van der Waals surface area contributed by atoms with Crippen molar-refractivity contribution in [1.29, 1.82) is 0 Å². The van der Waals surface area contributed by atoms with Gasteiger partial charge in [-0.2, -0.15) is 0 Å². The third-order valence-electron chi connectivity index (χ3n) is 11.4. The second-order valence-electron chi connectivity index (χ2n) is 15.1. The Bertz CT molecular complexity index is 3350. The molecule has 0 spiro atoms. The Morgan fingerprint density at radius 2 is 0.803 bits per heavy atom. The molecule has 0 aliphatic carbocycles. The molecule has 0 saturated carbocycles. The molecule has 0 atom stereocenters. The maximum Gasteiger partial charge on any atom is 0.0630 e. The molecule has 0 bridgehead atoms. The Kier molecular flexibility index (Phi) is 8.59. The van der Waals surface area contributed by atoms with Gasteiger partial charge in [-0.15, -0.1) is 11.3 Å². The summed E-state index contributed by atoms with van der Waals surface area (Å²) in [5, 5.41) is 1.82. The Hall–Kier alpha value is -7.72. The molecule has 61 heavy (non-hydrogen) atoms. The van der Waals surface area contributed by atoms with E-state index in [2.05, 4.69) is 198 Å². The minimum atomic E-state index is 0.161. The average Bonchev–Trinajstić information content (AvgIpc) is 3.96. The summed E-state index contributed by atoms with van der Waals surface area (Å²) in [6, 6.07) is 78.3. The van der Waals surface area contributed by atoms with Crippen LogP contribution in [0.25, 0.3) is 81.8 Å². The highest BCUT2D eigenvalue weighted by atomic mass is 32.1. The first-order valence-electron chi connectivity index (χ1n) is 22.0. The molecular formula is C58H40N2S. The number of rotatable bonds is 9. The predicted octanol–water partition coefficient (Wildman–Crippen LogP) is 16.6. The zero-order valence-corrected chi connectivity index (χ0v) is 34.0. The molecule has 11 rings (SSSR count). The molecule has 0 N–H and O–H groups in total. The molecule has 11 aromatic rings. The zero-order valence-electron chi connectivity index (χ0n) is 36.2. The molecule has 2 nitrogen and oxygen atoms in total. The predicted molar refractivity (Wildman–Crippen MR) is 261 cm³/mol. The SMILES string of the molecule is [2H]c1cc2c3cc(-c4ccc(N(c5ccc(-c6ccccc6)cc5)c5ccc(-c6ccccc6)cc5)cc4)c([2H])cc3n(-c3cccc(-c4ccc(-c5ccccc5)s4)c3)c2cc1[2H]. The number of hydrogen-bond acceptors (Lipinski definition) is 2. The van der Waals surface area contributed by atoms with Crippen LogP contribution in [0.3, 0.4) is 0 Å². The summed E-state index contributed by atoms with van der Waals surface area (Å²) in [5.41, 5.74) is 14.4. The van der Waals surface area contributed by atoms with Crippen molar-refractivity contribution >= 4 is 50.2 Å². The molecule has 2 heterocycles. The Morgan fingerprint density at radius 3 is 1.38 bits per heavy atom. The van der Waals surface area contributed by atoms with Gasteiger partial charge in [0.2, 0.25) is 0 Å². The first kappa shape index (κ1) is 33.1. The summed E-state index contributed by atoms with van der Waals surface area (Å²) >= 11 is 1.76. The Balaban J connectivity index is 0.980. The Morgan fingerprint density at radius 1 is 0.344 bits per heavy atom. The van der Waals surface area contributed by atoms with Gasteiger partial charge >= 0.3 is 0 Å². The van der Waals surface area contributed by atoms with Crippen molar-refractivity contribution in [3.05, 3.63) is 243 Å². The van der Waals surface area contributed by atoms with Crippen LogP contribution in [-0.4, -0.2) is 4.57 Å². The van der Waals surface area contributed by atoms with Crippen molar-refractivity contribution in [2.24, 2.45) is 0 Å². The summed E-state index contributed by atoms with van der Waals surface area (Å²) in [6.07, 6.45) is 0. The van der Waals surface area contributed by atoms with Crippen LogP contribution >= 0.6 is 11.3 Å². The molecule has 0 aliphatic heterocycles. The van der Waals surface area contributed by atoms with Gasteiger partial charge in [0.25, 0.3) is 0 Å². The van der Waals surface area contributed by atoms with E-state index in [4.69, 9.17) is 2.74 Å². The van der Waals surface area contributed by atoms with Crippen LogP contribution < -0.4 is 4.90 Å². The quantitative estimate of drug-likeness (QED) is 0.141. The number of hydrogen-bond donors (Lipinski definition) is 0. The molecule has 0 aliphatic rings. The topological polar surface area (TPSA) is 8.17 Å². The number of thiophene rings is 1. The van der Waals surface area contributed by atoms with Crippen molar-refractivity contribution in [2.45, 2.75) is 0 Å². The number of para-hydroxylation sites is 1. The van der Waals surface area contributed by atoms with Gasteiger partial charge in [0.15, 0.2) is 0 Å². The molecule has 3 heteroatoms. The van der Waals surface area contributed by atoms with Crippen LogP contribution in [0, 0.1) is 0 Å². The maximum atomic E-state index is 9.46. The fourth-order valence-corrected chi connectivity index (χ4v) is 9.40. The van der Waals surface area contributed by atoms with E-state index in [1.54, 1.807) is 23.5 Å². The lowest BCUT2D eigenvalue weighted by molar-refractivity contribution is 1.18. The second-order valence-corrected chi connectivity index (χ2v) is 16.2. The lowest BCUT2D eigenvalue weighted by atomic mass is 10.0. The summed E-state index contributed by atoms with van der Waals surface area (Å²) in [6.45, 7) is 0. The molecule has 0 unspecified atom stereocenters. The Labute approximate surface area is 364 Å². The number of benzene rings is 9. The van der Waals surface area contributed by atoms with Gasteiger partial charge in [-0.05, 0) is 123 Å². The highest BCUT2D eigenvalue weighted by molar-refractivity contribution is 7.18. The molecule has 0 saturated heterocycles. The smallest absolute Gasteiger partial charge is 0.0630 e. The number of aromatic nitrogens is 1. The van der Waals surface area contributed by atoms with Crippen molar-refractivity contribution in [3.8, 4) is 59.9 Å². The normalized spacial score (nSPS) is 12.0. The summed E-state index contributed by atoms with van der Waals surface area (Å²) in [4.78, 5) is 4.64. The van der Waals surface area contributed by atoms with Crippen molar-refractivity contribution in [2.75, 3.05) is 4.90 Å². The highest BCUT2D eigenvalue weighted by Crippen LogP contribution is 2.41. The van der Waals surface area contributed by atoms with Crippen LogP contribution in [0.15, 0.2) is 243 Å². The van der Waals surface area contributed by atoms with Crippen molar-refractivity contribution in [3.63, 3.8) is 0 Å². The van der Waals surface area contributed by atoms with E-state index in [1.165, 1.54) is 21.6 Å². The largest absolute Gasteiger partial charge is 0.311 e. The van der Waals surface area contributed by atoms with Gasteiger partial charge in [0, 0.05) is 43.3 Å². The minimum absolute atomic E-state index is 0.161. The van der Waals surface area contributed by atoms with E-state index in [1.807, 2.05) is 24.3 Å². The lowest BCUT2D eigenvalue weighted by Gasteiger charge is -2.26. The van der Waals surface area contributed by atoms with Gasteiger partial charge < -0.3 is 9.47 Å². The van der Waals surface area contributed by atoms with Crippen LogP contribution in [0.5, 0.6) is 0 Å². The maximum absolute atomic E-state index is 9.46. The number of nitrogens with zero attached hydrogens (tertiary/aromatic N) is 2. The first-order chi connectivity index (χ1) is 31.4. The standard InChI is InChI=1S/C58H40N2S/c1-4-13-41(14-5-1)43-23-30-49(31-24-43)59(50-32-25-44(26-33-50)42-15-6-2-7-16-42)51-34-27-45(28-35-51)47-29-36-56-54(40-47)53-21-10-11-22-55(53)60(56)52-20-12-19-48(39-52)58-38-37-57(61-58)46-17-8-3-9-18-46/h1-40H/i10D,11D,29D. The highest BCUT2D eigenvalue weighted by Gasteiger charge is 2.17. The third-order valence-corrected chi connectivity index (χ3v) is 12.6. The van der Waals surface area contributed by atoms with E-state index in [0.717, 1.165) is 77.2 Å². The summed E-state index contributed by atoms with van der Waals surface area (Å²) in [7, 11) is 0. The summed E-state index contributed by atoms with van der Waals surface area (Å²) in [5.74, 6) is 0. The monoisotopic (exact) mass is 799 g/mol. The molecule has 2 aromatic heterocycles. The molecule has 288 valence electrons. The van der Waals surface area contributed by atoms with E-state index < -0.39 is 0 Å². The van der Waals surface area contributed by atoms with Gasteiger partial charge in [0.05, 0.1) is 15.1 Å². The van der Waals surface area contributed by atoms with Gasteiger partial charge in [-0.1, -0.05) is 164 Å². The van der Waals surface area contributed by atoms with Crippen LogP contribution in [-0.2, 0) is 0 Å². The molecular weight excluding hydrogens is 757 g/mol. The van der Waals surface area contributed by atoms with E-state index >= 15 is 0 Å². The van der Waals surface area contributed by atoms with Crippen LogP contribution in [0.4, 0.5) is 17.1 Å². The van der Waals surface area contributed by atoms with Crippen LogP contribution in [0.1, 0.15) is 4.11 Å². The number of anilines is 3. The van der Waals surface area contributed by atoms with Gasteiger partial charge in [-0.25, -0.2) is 0 Å². The first-order valence-corrected chi connectivity index (χ1v) is 21.3. The van der Waals surface area contributed by atoms with E-state index in [0.29, 0.717) is 6.04 Å². The van der Waals surface area contributed by atoms with Crippen molar-refractivity contribution in [1.82, 2.24) is 4.57 Å². The number of fused-ring (bicyclic) bond motifs is 3. The molecule has 0 radical (unpaired) electrons. The molecule has 0 fully saturated rings. The third kappa shape index (κ3) is 7.01. The summed E-state index contributed by atoms with van der Waals surface area (Å²) < 4.78 is 28.9.